The lowest BCUT2D eigenvalue weighted by atomic mass is 10.0. The molecule has 3 nitrogen and oxygen atoms in total. The molecule has 0 saturated heterocycles. The second kappa shape index (κ2) is 5.73. The molecule has 0 fully saturated rings. The molecule has 1 aromatic heterocycles. The van der Waals surface area contributed by atoms with Crippen molar-refractivity contribution in [2.45, 2.75) is 6.04 Å². The SMILES string of the molecule is Cl.Nc1ccc(Br)c([C@@H](N)c2cccs2)c1O. The average molecular weight is 336 g/mol. The highest BCUT2D eigenvalue weighted by molar-refractivity contribution is 9.10. The molecule has 2 aromatic rings. The molecule has 1 atom stereocenters. The Kier molecular flexibility index (Phi) is 4.82. The van der Waals surface area contributed by atoms with E-state index in [4.69, 9.17) is 11.5 Å². The van der Waals surface area contributed by atoms with E-state index in [0.717, 1.165) is 9.35 Å². The van der Waals surface area contributed by atoms with Crippen LogP contribution in [0.1, 0.15) is 16.5 Å². The minimum absolute atomic E-state index is 0. The van der Waals surface area contributed by atoms with E-state index in [-0.39, 0.29) is 24.2 Å². The number of nitrogens with two attached hydrogens (primary N) is 2. The lowest BCUT2D eigenvalue weighted by Crippen LogP contribution is -2.11. The van der Waals surface area contributed by atoms with Gasteiger partial charge >= 0.3 is 0 Å². The fourth-order valence-electron chi connectivity index (χ4n) is 1.51. The third-order valence-corrected chi connectivity index (χ3v) is 4.00. The van der Waals surface area contributed by atoms with Crippen molar-refractivity contribution in [2.24, 2.45) is 5.73 Å². The van der Waals surface area contributed by atoms with Crippen LogP contribution in [0.3, 0.4) is 0 Å². The molecule has 6 heteroatoms. The molecule has 5 N–H and O–H groups in total. The van der Waals surface area contributed by atoms with Crippen LogP contribution in [0.5, 0.6) is 5.75 Å². The second-order valence-corrected chi connectivity index (χ2v) is 5.23. The van der Waals surface area contributed by atoms with Gasteiger partial charge < -0.3 is 16.6 Å². The lowest BCUT2D eigenvalue weighted by molar-refractivity contribution is 0.467. The van der Waals surface area contributed by atoms with Gasteiger partial charge in [-0.1, -0.05) is 22.0 Å². The number of thiophene rings is 1. The van der Waals surface area contributed by atoms with Crippen LogP contribution in [0, 0.1) is 0 Å². The van der Waals surface area contributed by atoms with Gasteiger partial charge in [0, 0.05) is 14.9 Å². The molecule has 0 aliphatic carbocycles. The first-order chi connectivity index (χ1) is 7.61. The van der Waals surface area contributed by atoms with Gasteiger partial charge in [0.1, 0.15) is 5.75 Å². The number of phenolic OH excluding ortho intramolecular Hbond substituents is 1. The van der Waals surface area contributed by atoms with E-state index >= 15 is 0 Å². The summed E-state index contributed by atoms with van der Waals surface area (Å²) < 4.78 is 0.764. The van der Waals surface area contributed by atoms with Gasteiger partial charge in [-0.2, -0.15) is 0 Å². The van der Waals surface area contributed by atoms with Gasteiger partial charge in [0.15, 0.2) is 0 Å². The number of hydrogen-bond donors (Lipinski definition) is 3. The van der Waals surface area contributed by atoms with Crippen LogP contribution in [0.15, 0.2) is 34.1 Å². The zero-order chi connectivity index (χ0) is 11.7. The number of nitrogen functional groups attached to an aromatic ring is 1. The molecule has 0 spiro atoms. The topological polar surface area (TPSA) is 72.3 Å². The predicted octanol–water partition coefficient (Wildman–Crippen LogP) is 3.27. The van der Waals surface area contributed by atoms with E-state index in [1.165, 1.54) is 0 Å². The Balaban J connectivity index is 0.00000144. The number of aromatic hydroxyl groups is 1. The quantitative estimate of drug-likeness (QED) is 0.582. The van der Waals surface area contributed by atoms with E-state index < -0.39 is 0 Å². The van der Waals surface area contributed by atoms with E-state index in [0.29, 0.717) is 11.3 Å². The Bertz CT molecular complexity index is 504. The zero-order valence-electron chi connectivity index (χ0n) is 8.76. The van der Waals surface area contributed by atoms with E-state index in [9.17, 15) is 5.11 Å². The van der Waals surface area contributed by atoms with Crippen LogP contribution < -0.4 is 11.5 Å². The summed E-state index contributed by atoms with van der Waals surface area (Å²) in [6, 6.07) is 6.93. The molecule has 0 radical (unpaired) electrons. The smallest absolute Gasteiger partial charge is 0.144 e. The Morgan fingerprint density at radius 1 is 1.29 bits per heavy atom. The van der Waals surface area contributed by atoms with Crippen LogP contribution in [0.25, 0.3) is 0 Å². The fourth-order valence-corrected chi connectivity index (χ4v) is 2.81. The molecule has 0 unspecified atom stereocenters. The van der Waals surface area contributed by atoms with Crippen molar-refractivity contribution >= 4 is 45.4 Å². The summed E-state index contributed by atoms with van der Waals surface area (Å²) in [6.45, 7) is 0. The number of rotatable bonds is 2. The number of phenols is 1. The number of hydrogen-bond acceptors (Lipinski definition) is 4. The maximum Gasteiger partial charge on any atom is 0.144 e. The zero-order valence-corrected chi connectivity index (χ0v) is 12.0. The van der Waals surface area contributed by atoms with Crippen molar-refractivity contribution in [1.82, 2.24) is 0 Å². The van der Waals surface area contributed by atoms with Gasteiger partial charge in [0.2, 0.25) is 0 Å². The summed E-state index contributed by atoms with van der Waals surface area (Å²) in [5.74, 6) is 0.0512. The summed E-state index contributed by atoms with van der Waals surface area (Å²) >= 11 is 4.93. The third kappa shape index (κ3) is 2.74. The molecule has 1 heterocycles. The van der Waals surface area contributed by atoms with E-state index in [2.05, 4.69) is 15.9 Å². The molecule has 0 aliphatic rings. The molecule has 17 heavy (non-hydrogen) atoms. The fraction of sp³-hybridized carbons (Fsp3) is 0.0909. The summed E-state index contributed by atoms with van der Waals surface area (Å²) in [5, 5.41) is 11.9. The van der Waals surface area contributed by atoms with Crippen molar-refractivity contribution in [2.75, 3.05) is 5.73 Å². The predicted molar refractivity (Wildman–Crippen MR) is 77.8 cm³/mol. The molecular formula is C11H12BrClN2OS. The lowest BCUT2D eigenvalue weighted by Gasteiger charge is -2.15. The van der Waals surface area contributed by atoms with Gasteiger partial charge in [-0.05, 0) is 23.6 Å². The third-order valence-electron chi connectivity index (χ3n) is 2.36. The standard InChI is InChI=1S/C11H11BrN2OS.ClH/c12-6-3-4-7(13)11(15)9(6)10(14)8-2-1-5-16-8;/h1-5,10,15H,13-14H2;1H/t10-;/m0./s1. The van der Waals surface area contributed by atoms with Crippen molar-refractivity contribution in [1.29, 1.82) is 0 Å². The highest BCUT2D eigenvalue weighted by Gasteiger charge is 2.18. The number of anilines is 1. The molecule has 92 valence electrons. The van der Waals surface area contributed by atoms with E-state index in [1.54, 1.807) is 23.5 Å². The Labute approximate surface area is 118 Å². The minimum atomic E-state index is -0.363. The summed E-state index contributed by atoms with van der Waals surface area (Å²) in [4.78, 5) is 0.988. The first kappa shape index (κ1) is 14.3. The van der Waals surface area contributed by atoms with Gasteiger partial charge in [-0.15, -0.1) is 23.7 Å². The summed E-state index contributed by atoms with van der Waals surface area (Å²) in [6.07, 6.45) is 0. The first-order valence-electron chi connectivity index (χ1n) is 4.67. The van der Waals surface area contributed by atoms with Gasteiger partial charge in [0.25, 0.3) is 0 Å². The summed E-state index contributed by atoms with van der Waals surface area (Å²) in [5.41, 5.74) is 12.7. The van der Waals surface area contributed by atoms with Gasteiger partial charge in [0.05, 0.1) is 11.7 Å². The van der Waals surface area contributed by atoms with Gasteiger partial charge in [-0.3, -0.25) is 0 Å². The largest absolute Gasteiger partial charge is 0.505 e. The molecule has 2 rings (SSSR count). The average Bonchev–Trinajstić information content (AvgIpc) is 2.77. The highest BCUT2D eigenvalue weighted by atomic mass is 79.9. The monoisotopic (exact) mass is 334 g/mol. The van der Waals surface area contributed by atoms with Crippen LogP contribution in [0.2, 0.25) is 0 Å². The van der Waals surface area contributed by atoms with Gasteiger partial charge in [-0.25, -0.2) is 0 Å². The van der Waals surface area contributed by atoms with Crippen molar-refractivity contribution in [3.63, 3.8) is 0 Å². The molecule has 0 aliphatic heterocycles. The van der Waals surface area contributed by atoms with Crippen LogP contribution in [-0.4, -0.2) is 5.11 Å². The first-order valence-corrected chi connectivity index (χ1v) is 6.34. The maximum atomic E-state index is 9.92. The Hall–Kier alpha value is -0.750. The minimum Gasteiger partial charge on any atom is -0.505 e. The second-order valence-electron chi connectivity index (χ2n) is 3.39. The summed E-state index contributed by atoms with van der Waals surface area (Å²) in [7, 11) is 0. The van der Waals surface area contributed by atoms with E-state index in [1.807, 2.05) is 17.5 Å². The van der Waals surface area contributed by atoms with Crippen molar-refractivity contribution in [3.05, 3.63) is 44.6 Å². The maximum absolute atomic E-state index is 9.92. The molecule has 0 saturated carbocycles. The van der Waals surface area contributed by atoms with Crippen molar-refractivity contribution in [3.8, 4) is 5.75 Å². The normalized spacial score (nSPS) is 11.9. The number of halogens is 2. The number of benzene rings is 1. The molecular weight excluding hydrogens is 324 g/mol. The highest BCUT2D eigenvalue weighted by Crippen LogP contribution is 2.38. The van der Waals surface area contributed by atoms with Crippen LogP contribution in [0.4, 0.5) is 5.69 Å². The molecule has 0 bridgehead atoms. The molecule has 0 amide bonds. The Morgan fingerprint density at radius 3 is 2.59 bits per heavy atom. The molecule has 1 aromatic carbocycles. The van der Waals surface area contributed by atoms with Crippen LogP contribution in [-0.2, 0) is 0 Å². The Morgan fingerprint density at radius 2 is 2.00 bits per heavy atom. The van der Waals surface area contributed by atoms with Crippen LogP contribution >= 0.6 is 39.7 Å². The van der Waals surface area contributed by atoms with Crippen molar-refractivity contribution < 1.29 is 5.11 Å².